The van der Waals surface area contributed by atoms with E-state index in [9.17, 15) is 13.2 Å². The highest BCUT2D eigenvalue weighted by Crippen LogP contribution is 2.39. The molecule has 0 amide bonds. The van der Waals surface area contributed by atoms with Crippen LogP contribution in [0.15, 0.2) is 18.2 Å². The van der Waals surface area contributed by atoms with E-state index in [0.717, 1.165) is 0 Å². The van der Waals surface area contributed by atoms with Gasteiger partial charge in [-0.15, -0.1) is 0 Å². The van der Waals surface area contributed by atoms with Crippen LogP contribution in [0, 0.1) is 0 Å². The Bertz CT molecular complexity index is 472. The van der Waals surface area contributed by atoms with Gasteiger partial charge in [-0.25, -0.2) is 0 Å². The lowest BCUT2D eigenvalue weighted by Crippen LogP contribution is -2.25. The minimum absolute atomic E-state index is 0.0209. The molecule has 1 saturated heterocycles. The summed E-state index contributed by atoms with van der Waals surface area (Å²) in [6.07, 6.45) is -6.75. The summed E-state index contributed by atoms with van der Waals surface area (Å²) in [5.74, 6) is 0.644. The summed E-state index contributed by atoms with van der Waals surface area (Å²) in [5.41, 5.74) is -0.0209. The number of epoxide rings is 1. The molecule has 0 spiro atoms. The standard InChI is InChI=1S/C14H17F3O4/c1-3-19-12-6-9(4-5-11(12)18-2)13(14(15,16)17)21-8-10-7-20-10/h4-6,10,13H,3,7-8H2,1-2H3/t10-,13+/m1/s1. The summed E-state index contributed by atoms with van der Waals surface area (Å²) in [4.78, 5) is 0. The zero-order chi connectivity index (χ0) is 15.5. The summed E-state index contributed by atoms with van der Waals surface area (Å²) in [5, 5.41) is 0. The van der Waals surface area contributed by atoms with Gasteiger partial charge < -0.3 is 18.9 Å². The topological polar surface area (TPSA) is 40.2 Å². The number of hydrogen-bond acceptors (Lipinski definition) is 4. The van der Waals surface area contributed by atoms with Crippen molar-refractivity contribution in [1.82, 2.24) is 0 Å². The first-order chi connectivity index (χ1) is 9.95. The molecule has 7 heteroatoms. The van der Waals surface area contributed by atoms with E-state index in [4.69, 9.17) is 18.9 Å². The second kappa shape index (κ2) is 6.53. The number of ether oxygens (including phenoxy) is 4. The second-order valence-electron chi connectivity index (χ2n) is 4.55. The molecule has 1 heterocycles. The van der Waals surface area contributed by atoms with Crippen LogP contribution in [0.1, 0.15) is 18.6 Å². The third kappa shape index (κ3) is 4.25. The Morgan fingerprint density at radius 3 is 2.57 bits per heavy atom. The van der Waals surface area contributed by atoms with Gasteiger partial charge in [-0.05, 0) is 24.6 Å². The molecular formula is C14H17F3O4. The zero-order valence-corrected chi connectivity index (χ0v) is 11.8. The fraction of sp³-hybridized carbons (Fsp3) is 0.571. The van der Waals surface area contributed by atoms with E-state index in [-0.39, 0.29) is 24.0 Å². The molecule has 0 bridgehead atoms. The largest absolute Gasteiger partial charge is 0.493 e. The van der Waals surface area contributed by atoms with Crippen molar-refractivity contribution in [3.8, 4) is 11.5 Å². The molecule has 0 radical (unpaired) electrons. The van der Waals surface area contributed by atoms with Crippen molar-refractivity contribution in [3.63, 3.8) is 0 Å². The average Bonchev–Trinajstić information content (AvgIpc) is 3.22. The predicted molar refractivity (Wildman–Crippen MR) is 68.7 cm³/mol. The molecule has 2 rings (SSSR count). The van der Waals surface area contributed by atoms with Gasteiger partial charge in [0.25, 0.3) is 0 Å². The first kappa shape index (κ1) is 15.9. The number of methoxy groups -OCH3 is 1. The van der Waals surface area contributed by atoms with Crippen LogP contribution in [0.4, 0.5) is 13.2 Å². The molecule has 1 aromatic carbocycles. The fourth-order valence-corrected chi connectivity index (χ4v) is 1.87. The maximum Gasteiger partial charge on any atom is 0.418 e. The Balaban J connectivity index is 2.22. The van der Waals surface area contributed by atoms with Gasteiger partial charge in [0, 0.05) is 0 Å². The van der Waals surface area contributed by atoms with Crippen molar-refractivity contribution in [2.45, 2.75) is 25.3 Å². The van der Waals surface area contributed by atoms with E-state index in [1.54, 1.807) is 6.92 Å². The Labute approximate surface area is 120 Å². The molecule has 0 saturated carbocycles. The highest BCUT2D eigenvalue weighted by molar-refractivity contribution is 5.43. The first-order valence-corrected chi connectivity index (χ1v) is 6.56. The maximum absolute atomic E-state index is 13.1. The number of hydrogen-bond donors (Lipinski definition) is 0. The van der Waals surface area contributed by atoms with Gasteiger partial charge in [-0.2, -0.15) is 13.2 Å². The van der Waals surface area contributed by atoms with E-state index in [1.165, 1.54) is 25.3 Å². The van der Waals surface area contributed by atoms with Crippen LogP contribution in [0.25, 0.3) is 0 Å². The summed E-state index contributed by atoms with van der Waals surface area (Å²) in [6, 6.07) is 4.07. The SMILES string of the molecule is CCOc1cc([C@H](OC[C@H]2CO2)C(F)(F)F)ccc1OC. The molecule has 0 N–H and O–H groups in total. The highest BCUT2D eigenvalue weighted by atomic mass is 19.4. The highest BCUT2D eigenvalue weighted by Gasteiger charge is 2.43. The van der Waals surface area contributed by atoms with Crippen LogP contribution in [0.3, 0.4) is 0 Å². The van der Waals surface area contributed by atoms with Gasteiger partial charge in [0.05, 0.1) is 26.9 Å². The normalized spacial score (nSPS) is 19.2. The van der Waals surface area contributed by atoms with Crippen molar-refractivity contribution in [2.75, 3.05) is 26.9 Å². The lowest BCUT2D eigenvalue weighted by molar-refractivity contribution is -0.224. The molecule has 1 aromatic rings. The van der Waals surface area contributed by atoms with Crippen molar-refractivity contribution >= 4 is 0 Å². The van der Waals surface area contributed by atoms with Crippen LogP contribution in [0.2, 0.25) is 0 Å². The molecule has 21 heavy (non-hydrogen) atoms. The number of benzene rings is 1. The van der Waals surface area contributed by atoms with Gasteiger partial charge in [0.1, 0.15) is 6.10 Å². The van der Waals surface area contributed by atoms with Crippen LogP contribution in [-0.2, 0) is 9.47 Å². The van der Waals surface area contributed by atoms with Crippen LogP contribution in [-0.4, -0.2) is 39.2 Å². The van der Waals surface area contributed by atoms with Gasteiger partial charge >= 0.3 is 6.18 Å². The smallest absolute Gasteiger partial charge is 0.418 e. The average molecular weight is 306 g/mol. The van der Waals surface area contributed by atoms with E-state index < -0.39 is 12.3 Å². The molecule has 1 fully saturated rings. The van der Waals surface area contributed by atoms with Crippen molar-refractivity contribution < 1.29 is 32.1 Å². The maximum atomic E-state index is 13.1. The second-order valence-corrected chi connectivity index (χ2v) is 4.55. The molecule has 4 nitrogen and oxygen atoms in total. The molecule has 1 aliphatic rings. The molecule has 0 unspecified atom stereocenters. The molecule has 0 aromatic heterocycles. The quantitative estimate of drug-likeness (QED) is 0.726. The van der Waals surface area contributed by atoms with E-state index in [2.05, 4.69) is 0 Å². The van der Waals surface area contributed by atoms with Gasteiger partial charge in [-0.1, -0.05) is 6.07 Å². The fourth-order valence-electron chi connectivity index (χ4n) is 1.87. The number of alkyl halides is 3. The molecule has 2 atom stereocenters. The number of halogens is 3. The minimum Gasteiger partial charge on any atom is -0.493 e. The lowest BCUT2D eigenvalue weighted by Gasteiger charge is -2.22. The third-order valence-electron chi connectivity index (χ3n) is 2.94. The van der Waals surface area contributed by atoms with Crippen molar-refractivity contribution in [2.24, 2.45) is 0 Å². The zero-order valence-electron chi connectivity index (χ0n) is 11.8. The summed E-state index contributed by atoms with van der Waals surface area (Å²) >= 11 is 0. The van der Waals surface area contributed by atoms with Gasteiger partial charge in [-0.3, -0.25) is 0 Å². The van der Waals surface area contributed by atoms with E-state index in [0.29, 0.717) is 19.0 Å². The Kier molecular flexibility index (Phi) is 4.95. The van der Waals surface area contributed by atoms with Gasteiger partial charge in [0.15, 0.2) is 17.6 Å². The van der Waals surface area contributed by atoms with Crippen LogP contribution < -0.4 is 9.47 Å². The minimum atomic E-state index is -4.51. The summed E-state index contributed by atoms with van der Waals surface area (Å²) < 4.78 is 59.6. The van der Waals surface area contributed by atoms with E-state index in [1.807, 2.05) is 0 Å². The number of rotatable bonds is 7. The van der Waals surface area contributed by atoms with Gasteiger partial charge in [0.2, 0.25) is 0 Å². The summed E-state index contributed by atoms with van der Waals surface area (Å²) in [7, 11) is 1.43. The van der Waals surface area contributed by atoms with Crippen LogP contribution in [0.5, 0.6) is 11.5 Å². The van der Waals surface area contributed by atoms with Crippen molar-refractivity contribution in [1.29, 1.82) is 0 Å². The van der Waals surface area contributed by atoms with Crippen molar-refractivity contribution in [3.05, 3.63) is 23.8 Å². The third-order valence-corrected chi connectivity index (χ3v) is 2.94. The lowest BCUT2D eigenvalue weighted by atomic mass is 10.1. The molecular weight excluding hydrogens is 289 g/mol. The first-order valence-electron chi connectivity index (χ1n) is 6.56. The van der Waals surface area contributed by atoms with Crippen LogP contribution >= 0.6 is 0 Å². The monoisotopic (exact) mass is 306 g/mol. The molecule has 118 valence electrons. The van der Waals surface area contributed by atoms with E-state index >= 15 is 0 Å². The molecule has 0 aliphatic carbocycles. The molecule has 1 aliphatic heterocycles. The Morgan fingerprint density at radius 1 is 1.33 bits per heavy atom. The summed E-state index contributed by atoms with van der Waals surface area (Å²) in [6.45, 7) is 2.43. The Hall–Kier alpha value is -1.47. The predicted octanol–water partition coefficient (Wildman–Crippen LogP) is 3.11. The Morgan fingerprint density at radius 2 is 2.05 bits per heavy atom.